The first-order valence-electron chi connectivity index (χ1n) is 6.52. The van der Waals surface area contributed by atoms with Crippen LogP contribution in [0.3, 0.4) is 0 Å². The molecule has 4 heteroatoms. The first kappa shape index (κ1) is 13.9. The van der Waals surface area contributed by atoms with E-state index in [1.54, 1.807) is 0 Å². The Morgan fingerprint density at radius 2 is 2.00 bits per heavy atom. The summed E-state index contributed by atoms with van der Waals surface area (Å²) in [6.07, 6.45) is 0.670. The molecule has 1 aliphatic rings. The number of halogens is 2. The summed E-state index contributed by atoms with van der Waals surface area (Å²) in [4.78, 5) is 0. The number of aryl methyl sites for hydroxylation is 1. The maximum absolute atomic E-state index is 6.30. The first-order chi connectivity index (χ1) is 9.54. The second-order valence-electron chi connectivity index (χ2n) is 5.16. The third-order valence-electron chi connectivity index (χ3n) is 3.61. The lowest BCUT2D eigenvalue weighted by molar-refractivity contribution is 0.161. The maximum Gasteiger partial charge on any atom is 0.127 e. The Hall–Kier alpha value is -1.03. The van der Waals surface area contributed by atoms with Crippen molar-refractivity contribution in [1.29, 1.82) is 0 Å². The largest absolute Gasteiger partial charge is 0.485 e. The van der Waals surface area contributed by atoms with Crippen LogP contribution < -0.4 is 10.5 Å². The monoisotopic (exact) mass is 351 g/mol. The minimum absolute atomic E-state index is 0.0190. The van der Waals surface area contributed by atoms with Gasteiger partial charge < -0.3 is 10.5 Å². The molecule has 0 spiro atoms. The quantitative estimate of drug-likeness (QED) is 0.789. The Balaban J connectivity index is 1.99. The van der Waals surface area contributed by atoms with Gasteiger partial charge in [0.25, 0.3) is 0 Å². The van der Waals surface area contributed by atoms with Crippen molar-refractivity contribution in [3.8, 4) is 5.75 Å². The topological polar surface area (TPSA) is 35.2 Å². The SMILES string of the molecule is Cc1ccc2c(c1)C(N)CC(c1cc(Cl)ccc1Br)O2. The van der Waals surface area contributed by atoms with Gasteiger partial charge in [0.05, 0.1) is 0 Å². The lowest BCUT2D eigenvalue weighted by Crippen LogP contribution is -2.24. The van der Waals surface area contributed by atoms with Gasteiger partial charge in [0.15, 0.2) is 0 Å². The second-order valence-corrected chi connectivity index (χ2v) is 6.45. The summed E-state index contributed by atoms with van der Waals surface area (Å²) in [7, 11) is 0. The van der Waals surface area contributed by atoms with E-state index in [1.165, 1.54) is 5.56 Å². The molecule has 0 fully saturated rings. The van der Waals surface area contributed by atoms with Crippen molar-refractivity contribution in [2.75, 3.05) is 0 Å². The molecule has 0 saturated carbocycles. The average molecular weight is 353 g/mol. The summed E-state index contributed by atoms with van der Waals surface area (Å²) in [6.45, 7) is 2.06. The molecule has 2 N–H and O–H groups in total. The molecule has 2 aromatic carbocycles. The number of hydrogen-bond donors (Lipinski definition) is 1. The molecule has 0 amide bonds. The van der Waals surface area contributed by atoms with E-state index in [0.29, 0.717) is 5.02 Å². The Morgan fingerprint density at radius 3 is 2.80 bits per heavy atom. The molecule has 20 heavy (non-hydrogen) atoms. The number of nitrogens with two attached hydrogens (primary N) is 1. The van der Waals surface area contributed by atoms with Crippen molar-refractivity contribution in [3.05, 3.63) is 62.6 Å². The molecule has 2 aromatic rings. The van der Waals surface area contributed by atoms with E-state index in [2.05, 4.69) is 28.9 Å². The molecule has 0 saturated heterocycles. The van der Waals surface area contributed by atoms with Crippen molar-refractivity contribution in [2.45, 2.75) is 25.5 Å². The van der Waals surface area contributed by atoms with Gasteiger partial charge >= 0.3 is 0 Å². The van der Waals surface area contributed by atoms with E-state index in [4.69, 9.17) is 22.1 Å². The van der Waals surface area contributed by atoms with Crippen LogP contribution >= 0.6 is 27.5 Å². The molecule has 0 aliphatic carbocycles. The zero-order valence-electron chi connectivity index (χ0n) is 11.1. The van der Waals surface area contributed by atoms with E-state index >= 15 is 0 Å². The molecule has 0 bridgehead atoms. The third-order valence-corrected chi connectivity index (χ3v) is 4.56. The lowest BCUT2D eigenvalue weighted by atomic mass is 9.93. The van der Waals surface area contributed by atoms with Crippen LogP contribution in [0.5, 0.6) is 5.75 Å². The van der Waals surface area contributed by atoms with Crippen molar-refractivity contribution in [1.82, 2.24) is 0 Å². The third kappa shape index (κ3) is 2.58. The van der Waals surface area contributed by atoms with Gasteiger partial charge in [-0.15, -0.1) is 0 Å². The first-order valence-corrected chi connectivity index (χ1v) is 7.69. The van der Waals surface area contributed by atoms with Crippen molar-refractivity contribution in [2.24, 2.45) is 5.73 Å². The molecule has 1 heterocycles. The van der Waals surface area contributed by atoms with Gasteiger partial charge in [-0.05, 0) is 31.2 Å². The summed E-state index contributed by atoms with van der Waals surface area (Å²) >= 11 is 9.64. The minimum atomic E-state index is -0.0757. The van der Waals surface area contributed by atoms with Crippen LogP contribution in [-0.4, -0.2) is 0 Å². The van der Waals surface area contributed by atoms with Crippen LogP contribution in [0.25, 0.3) is 0 Å². The van der Waals surface area contributed by atoms with Gasteiger partial charge in [0, 0.05) is 33.1 Å². The predicted octanol–water partition coefficient (Wildman–Crippen LogP) is 4.93. The van der Waals surface area contributed by atoms with Crippen molar-refractivity contribution < 1.29 is 4.74 Å². The molecular formula is C16H15BrClNO. The Bertz CT molecular complexity index is 659. The van der Waals surface area contributed by atoms with Crippen LogP contribution in [0, 0.1) is 6.92 Å². The van der Waals surface area contributed by atoms with Gasteiger partial charge in [0.2, 0.25) is 0 Å². The predicted molar refractivity (Wildman–Crippen MR) is 85.2 cm³/mol. The molecular weight excluding hydrogens is 338 g/mol. The Labute approximate surface area is 132 Å². The highest BCUT2D eigenvalue weighted by Crippen LogP contribution is 2.42. The Morgan fingerprint density at radius 1 is 1.20 bits per heavy atom. The standard InChI is InChI=1S/C16H15BrClNO/c1-9-2-5-15-12(6-9)14(19)8-16(20-15)11-7-10(18)3-4-13(11)17/h2-7,14,16H,8,19H2,1H3. The van der Waals surface area contributed by atoms with Gasteiger partial charge in [-0.1, -0.05) is 45.2 Å². The van der Waals surface area contributed by atoms with Gasteiger partial charge in [-0.3, -0.25) is 0 Å². The van der Waals surface area contributed by atoms with E-state index < -0.39 is 0 Å². The number of rotatable bonds is 1. The summed E-state index contributed by atoms with van der Waals surface area (Å²) in [5.74, 6) is 0.867. The van der Waals surface area contributed by atoms with Crippen LogP contribution in [0.2, 0.25) is 5.02 Å². The zero-order chi connectivity index (χ0) is 14.3. The highest BCUT2D eigenvalue weighted by molar-refractivity contribution is 9.10. The number of benzene rings is 2. The summed E-state index contributed by atoms with van der Waals surface area (Å²) in [5, 5.41) is 0.704. The van der Waals surface area contributed by atoms with Gasteiger partial charge in [0.1, 0.15) is 11.9 Å². The highest BCUT2D eigenvalue weighted by atomic mass is 79.9. The van der Waals surface area contributed by atoms with Crippen molar-refractivity contribution in [3.63, 3.8) is 0 Å². The number of hydrogen-bond acceptors (Lipinski definition) is 2. The van der Waals surface area contributed by atoms with Crippen LogP contribution in [0.1, 0.15) is 35.3 Å². The number of fused-ring (bicyclic) bond motifs is 1. The second kappa shape index (κ2) is 5.40. The van der Waals surface area contributed by atoms with E-state index in [-0.39, 0.29) is 12.1 Å². The van der Waals surface area contributed by atoms with Crippen LogP contribution in [0.15, 0.2) is 40.9 Å². The molecule has 0 radical (unpaired) electrons. The average Bonchev–Trinajstić information content (AvgIpc) is 2.42. The van der Waals surface area contributed by atoms with E-state index in [1.807, 2.05) is 30.3 Å². The highest BCUT2D eigenvalue weighted by Gasteiger charge is 2.28. The zero-order valence-corrected chi connectivity index (χ0v) is 13.4. The molecule has 2 atom stereocenters. The fourth-order valence-corrected chi connectivity index (χ4v) is 3.26. The van der Waals surface area contributed by atoms with E-state index in [0.717, 1.165) is 27.8 Å². The minimum Gasteiger partial charge on any atom is -0.485 e. The molecule has 0 aromatic heterocycles. The van der Waals surface area contributed by atoms with Crippen LogP contribution in [0.4, 0.5) is 0 Å². The molecule has 2 nitrogen and oxygen atoms in total. The fourth-order valence-electron chi connectivity index (χ4n) is 2.58. The summed E-state index contributed by atoms with van der Waals surface area (Å²) < 4.78 is 7.11. The summed E-state index contributed by atoms with van der Waals surface area (Å²) in [5.41, 5.74) is 9.63. The normalized spacial score (nSPS) is 21.2. The fraction of sp³-hybridized carbons (Fsp3) is 0.250. The van der Waals surface area contributed by atoms with Gasteiger partial charge in [-0.25, -0.2) is 0 Å². The molecule has 104 valence electrons. The Kier molecular flexibility index (Phi) is 3.76. The van der Waals surface area contributed by atoms with E-state index in [9.17, 15) is 0 Å². The molecule has 3 rings (SSSR count). The van der Waals surface area contributed by atoms with Gasteiger partial charge in [-0.2, -0.15) is 0 Å². The maximum atomic E-state index is 6.30. The smallest absolute Gasteiger partial charge is 0.127 e. The van der Waals surface area contributed by atoms with Crippen molar-refractivity contribution >= 4 is 27.5 Å². The lowest BCUT2D eigenvalue weighted by Gasteiger charge is -2.31. The molecule has 1 aliphatic heterocycles. The summed E-state index contributed by atoms with van der Waals surface area (Å²) in [6, 6.07) is 11.9. The van der Waals surface area contributed by atoms with Crippen LogP contribution in [-0.2, 0) is 0 Å². The molecule has 2 unspecified atom stereocenters. The number of ether oxygens (including phenoxy) is 1.